The lowest BCUT2D eigenvalue weighted by Gasteiger charge is -2.40. The number of carbonyl (C=O) groups is 1. The Kier molecular flexibility index (Phi) is 5.60. The van der Waals surface area contributed by atoms with Gasteiger partial charge in [0.05, 0.1) is 15.7 Å². The van der Waals surface area contributed by atoms with Crippen molar-refractivity contribution in [3.63, 3.8) is 0 Å². The van der Waals surface area contributed by atoms with Crippen molar-refractivity contribution in [3.05, 3.63) is 59.2 Å². The second-order valence-corrected chi connectivity index (χ2v) is 12.7. The largest absolute Gasteiger partial charge is 0.390 e. The molecule has 3 fully saturated rings. The van der Waals surface area contributed by atoms with Crippen LogP contribution in [-0.4, -0.2) is 30.3 Å². The minimum absolute atomic E-state index is 0.0646. The monoisotopic (exact) mass is 489 g/mol. The highest BCUT2D eigenvalue weighted by Crippen LogP contribution is 2.55. The molecule has 5 nitrogen and oxygen atoms in total. The van der Waals surface area contributed by atoms with Crippen molar-refractivity contribution in [2.75, 3.05) is 5.32 Å². The first kappa shape index (κ1) is 23.4. The minimum Gasteiger partial charge on any atom is -0.390 e. The van der Waals surface area contributed by atoms with Crippen LogP contribution in [0.3, 0.4) is 0 Å². The Balaban J connectivity index is 1.46. The lowest BCUT2D eigenvalue weighted by Crippen LogP contribution is -2.46. The molecule has 2 aromatic rings. The first-order valence-corrected chi connectivity index (χ1v) is 13.4. The molecule has 3 aliphatic carbocycles. The SMILES string of the molecule is C[C@H]1CC2CC(S(=O)(=O)c3cc(C(=O)Nc4ccc(F)c(F)c4)ccc3C3CC3)CC1[C@]2(C)O. The number of benzene rings is 2. The summed E-state index contributed by atoms with van der Waals surface area (Å²) in [6.07, 6.45) is 3.44. The standard InChI is InChI=1S/C26H29F2NO4S/c1-14-9-17-11-19(13-21(14)26(17,2)31)34(32,33)24-10-16(5-7-20(24)15-3-4-15)25(30)29-18-6-8-22(27)23(28)12-18/h5-8,10,12,14-15,17,19,21,31H,3-4,9,11,13H2,1-2H3,(H,29,30)/t14-,17?,19?,21?,26+/m0/s1. The topological polar surface area (TPSA) is 83.5 Å². The van der Waals surface area contributed by atoms with E-state index in [-0.39, 0.29) is 39.8 Å². The van der Waals surface area contributed by atoms with Crippen molar-refractivity contribution < 1.29 is 27.1 Å². The molecule has 3 unspecified atom stereocenters. The summed E-state index contributed by atoms with van der Waals surface area (Å²) in [5, 5.41) is 12.9. The fraction of sp³-hybridized carbons (Fsp3) is 0.500. The molecule has 2 aromatic carbocycles. The van der Waals surface area contributed by atoms with E-state index in [4.69, 9.17) is 0 Å². The van der Waals surface area contributed by atoms with Gasteiger partial charge in [-0.3, -0.25) is 4.79 Å². The van der Waals surface area contributed by atoms with E-state index in [1.165, 1.54) is 12.1 Å². The third-order valence-electron chi connectivity index (χ3n) is 8.20. The summed E-state index contributed by atoms with van der Waals surface area (Å²) in [6, 6.07) is 7.77. The van der Waals surface area contributed by atoms with Gasteiger partial charge in [0, 0.05) is 17.3 Å². The number of anilines is 1. The number of hydrogen-bond donors (Lipinski definition) is 2. The van der Waals surface area contributed by atoms with Crippen LogP contribution in [0.2, 0.25) is 0 Å². The number of aliphatic hydroxyl groups is 1. The van der Waals surface area contributed by atoms with E-state index >= 15 is 0 Å². The molecule has 8 heteroatoms. The minimum atomic E-state index is -3.74. The molecule has 3 aliphatic rings. The van der Waals surface area contributed by atoms with Crippen LogP contribution in [0.1, 0.15) is 67.8 Å². The molecule has 0 radical (unpaired) electrons. The van der Waals surface area contributed by atoms with Gasteiger partial charge in [0.1, 0.15) is 0 Å². The van der Waals surface area contributed by atoms with Crippen molar-refractivity contribution in [1.29, 1.82) is 0 Å². The van der Waals surface area contributed by atoms with E-state index < -0.39 is 38.2 Å². The third-order valence-corrected chi connectivity index (χ3v) is 10.4. The van der Waals surface area contributed by atoms with Crippen LogP contribution in [0.5, 0.6) is 0 Å². The highest BCUT2D eigenvalue weighted by Gasteiger charge is 2.56. The van der Waals surface area contributed by atoms with Gasteiger partial charge in [-0.25, -0.2) is 17.2 Å². The van der Waals surface area contributed by atoms with Gasteiger partial charge in [0.15, 0.2) is 21.5 Å². The second kappa shape index (κ2) is 8.12. The Morgan fingerprint density at radius 2 is 1.79 bits per heavy atom. The zero-order valence-corrected chi connectivity index (χ0v) is 20.0. The lowest BCUT2D eigenvalue weighted by atomic mass is 9.74. The number of carbonyl (C=O) groups excluding carboxylic acids is 1. The molecule has 0 spiro atoms. The Morgan fingerprint density at radius 3 is 2.44 bits per heavy atom. The van der Waals surface area contributed by atoms with Crippen LogP contribution < -0.4 is 5.32 Å². The van der Waals surface area contributed by atoms with E-state index in [1.54, 1.807) is 12.1 Å². The maximum absolute atomic E-state index is 13.9. The Bertz CT molecular complexity index is 1260. The number of hydrogen-bond acceptors (Lipinski definition) is 4. The predicted molar refractivity (Wildman–Crippen MR) is 124 cm³/mol. The zero-order chi connectivity index (χ0) is 24.4. The van der Waals surface area contributed by atoms with Crippen LogP contribution in [-0.2, 0) is 9.84 Å². The molecule has 0 aliphatic heterocycles. The molecule has 5 rings (SSSR count). The quantitative estimate of drug-likeness (QED) is 0.616. The number of amides is 1. The molecule has 1 amide bonds. The molecule has 2 N–H and O–H groups in total. The molecule has 182 valence electrons. The molecule has 2 bridgehead atoms. The molecule has 0 aromatic heterocycles. The van der Waals surface area contributed by atoms with Crippen molar-refractivity contribution in [2.24, 2.45) is 17.8 Å². The summed E-state index contributed by atoms with van der Waals surface area (Å²) in [4.78, 5) is 13.0. The van der Waals surface area contributed by atoms with E-state index in [9.17, 15) is 27.1 Å². The smallest absolute Gasteiger partial charge is 0.255 e. The van der Waals surface area contributed by atoms with E-state index in [0.29, 0.717) is 12.8 Å². The maximum Gasteiger partial charge on any atom is 0.255 e. The summed E-state index contributed by atoms with van der Waals surface area (Å²) in [5.41, 5.74) is 0.116. The van der Waals surface area contributed by atoms with Crippen molar-refractivity contribution in [1.82, 2.24) is 0 Å². The molecular weight excluding hydrogens is 460 g/mol. The number of rotatable bonds is 5. The fourth-order valence-electron chi connectivity index (χ4n) is 6.10. The van der Waals surface area contributed by atoms with Crippen molar-refractivity contribution in [2.45, 2.75) is 67.6 Å². The Labute approximate surface area is 198 Å². The molecular formula is C26H29F2NO4S. The van der Waals surface area contributed by atoms with Crippen LogP contribution >= 0.6 is 0 Å². The number of sulfone groups is 1. The molecule has 5 atom stereocenters. The van der Waals surface area contributed by atoms with Gasteiger partial charge in [-0.2, -0.15) is 0 Å². The number of nitrogens with one attached hydrogen (secondary N) is 1. The van der Waals surface area contributed by atoms with Crippen molar-refractivity contribution >= 4 is 21.4 Å². The van der Waals surface area contributed by atoms with Crippen LogP contribution in [0.25, 0.3) is 0 Å². The first-order valence-electron chi connectivity index (χ1n) is 11.8. The summed E-state index contributed by atoms with van der Waals surface area (Å²) in [7, 11) is -3.74. The van der Waals surface area contributed by atoms with E-state index in [2.05, 4.69) is 12.2 Å². The van der Waals surface area contributed by atoms with E-state index in [0.717, 1.165) is 37.0 Å². The molecule has 0 saturated heterocycles. The van der Waals surface area contributed by atoms with Gasteiger partial charge >= 0.3 is 0 Å². The Hall–Kier alpha value is -2.32. The van der Waals surface area contributed by atoms with E-state index in [1.807, 2.05) is 6.92 Å². The van der Waals surface area contributed by atoms with Gasteiger partial charge in [0.25, 0.3) is 5.91 Å². The van der Waals surface area contributed by atoms with Crippen LogP contribution in [0, 0.1) is 29.4 Å². The summed E-state index contributed by atoms with van der Waals surface area (Å²) in [6.45, 7) is 3.90. The first-order chi connectivity index (χ1) is 16.0. The fourth-order valence-corrected chi connectivity index (χ4v) is 8.26. The summed E-state index contributed by atoms with van der Waals surface area (Å²) in [5.74, 6) is -2.41. The van der Waals surface area contributed by atoms with Gasteiger partial charge in [0.2, 0.25) is 0 Å². The summed E-state index contributed by atoms with van der Waals surface area (Å²) >= 11 is 0. The Morgan fingerprint density at radius 1 is 1.06 bits per heavy atom. The second-order valence-electron chi connectivity index (χ2n) is 10.5. The number of fused-ring (bicyclic) bond motifs is 2. The maximum atomic E-state index is 13.9. The average Bonchev–Trinajstić information content (AvgIpc) is 3.60. The van der Waals surface area contributed by atoms with Gasteiger partial charge in [-0.05, 0) is 92.5 Å². The highest BCUT2D eigenvalue weighted by molar-refractivity contribution is 7.92. The lowest BCUT2D eigenvalue weighted by molar-refractivity contribution is -0.0466. The molecule has 34 heavy (non-hydrogen) atoms. The van der Waals surface area contributed by atoms with Gasteiger partial charge in [-0.1, -0.05) is 13.0 Å². The van der Waals surface area contributed by atoms with Gasteiger partial charge in [-0.15, -0.1) is 0 Å². The average molecular weight is 490 g/mol. The van der Waals surface area contributed by atoms with Crippen LogP contribution in [0.15, 0.2) is 41.3 Å². The summed E-state index contributed by atoms with van der Waals surface area (Å²) < 4.78 is 54.5. The van der Waals surface area contributed by atoms with Gasteiger partial charge < -0.3 is 10.4 Å². The molecule has 0 heterocycles. The predicted octanol–water partition coefficient (Wildman–Crippen LogP) is 5.05. The molecule has 3 saturated carbocycles. The number of halogens is 2. The zero-order valence-electron chi connectivity index (χ0n) is 19.2. The van der Waals surface area contributed by atoms with Crippen LogP contribution in [0.4, 0.5) is 14.5 Å². The van der Waals surface area contributed by atoms with Crippen molar-refractivity contribution in [3.8, 4) is 0 Å². The highest BCUT2D eigenvalue weighted by atomic mass is 32.2. The third kappa shape index (κ3) is 3.94. The normalized spacial score (nSPS) is 30.9.